The van der Waals surface area contributed by atoms with E-state index in [0.717, 1.165) is 12.1 Å². The molecule has 9 heteroatoms. The quantitative estimate of drug-likeness (QED) is 0.787. The summed E-state index contributed by atoms with van der Waals surface area (Å²) in [4.78, 5) is 36.7. The first kappa shape index (κ1) is 19.2. The Morgan fingerprint density at radius 3 is 2.59 bits per heavy atom. The van der Waals surface area contributed by atoms with Gasteiger partial charge < -0.3 is 15.3 Å². The molecule has 0 aromatic heterocycles. The van der Waals surface area contributed by atoms with E-state index in [1.54, 1.807) is 0 Å². The van der Waals surface area contributed by atoms with Crippen LogP contribution in [0.15, 0.2) is 24.3 Å². The number of nitrogens with zero attached hydrogens (tertiary/aromatic N) is 1. The van der Waals surface area contributed by atoms with Gasteiger partial charge in [0.25, 0.3) is 0 Å². The molecule has 2 fully saturated rings. The predicted octanol–water partition coefficient (Wildman–Crippen LogP) is 2.21. The number of aliphatic carboxylic acids is 1. The van der Waals surface area contributed by atoms with Gasteiger partial charge >= 0.3 is 12.1 Å². The van der Waals surface area contributed by atoms with Crippen LogP contribution in [0.1, 0.15) is 36.4 Å². The second-order valence-electron chi connectivity index (χ2n) is 6.91. The maximum Gasteiger partial charge on any atom is 0.416 e. The zero-order valence-electron chi connectivity index (χ0n) is 14.3. The number of likely N-dealkylation sites (tertiary alicyclic amines) is 1. The highest BCUT2D eigenvalue weighted by atomic mass is 19.4. The Kier molecular flexibility index (Phi) is 5.12. The lowest BCUT2D eigenvalue weighted by Crippen LogP contribution is -2.39. The smallest absolute Gasteiger partial charge is 0.416 e. The van der Waals surface area contributed by atoms with Gasteiger partial charge in [0.1, 0.15) is 0 Å². The second kappa shape index (κ2) is 7.21. The third-order valence-electron chi connectivity index (χ3n) is 4.95. The number of rotatable bonds is 6. The molecular formula is C18H19F3N2O4. The summed E-state index contributed by atoms with van der Waals surface area (Å²) < 4.78 is 39.1. The number of benzene rings is 1. The largest absolute Gasteiger partial charge is 0.481 e. The van der Waals surface area contributed by atoms with Crippen LogP contribution in [-0.2, 0) is 20.6 Å². The van der Waals surface area contributed by atoms with Crippen molar-refractivity contribution in [2.75, 3.05) is 13.1 Å². The number of hydrogen-bond donors (Lipinski definition) is 2. The maximum absolute atomic E-state index is 13.0. The van der Waals surface area contributed by atoms with Gasteiger partial charge in [-0.15, -0.1) is 0 Å². The van der Waals surface area contributed by atoms with E-state index in [2.05, 4.69) is 5.32 Å². The molecule has 1 saturated carbocycles. The first-order valence-corrected chi connectivity index (χ1v) is 8.65. The number of halogens is 3. The highest BCUT2D eigenvalue weighted by molar-refractivity contribution is 5.89. The van der Waals surface area contributed by atoms with Crippen molar-refractivity contribution < 1.29 is 32.7 Å². The van der Waals surface area contributed by atoms with Crippen LogP contribution >= 0.6 is 0 Å². The average molecular weight is 384 g/mol. The monoisotopic (exact) mass is 384 g/mol. The Morgan fingerprint density at radius 1 is 1.30 bits per heavy atom. The summed E-state index contributed by atoms with van der Waals surface area (Å²) in [5.41, 5.74) is -0.618. The number of alkyl halides is 3. The van der Waals surface area contributed by atoms with Crippen LogP contribution in [0.25, 0.3) is 0 Å². The number of carboxylic acids is 1. The fourth-order valence-corrected chi connectivity index (χ4v) is 3.32. The van der Waals surface area contributed by atoms with Crippen LogP contribution in [0.2, 0.25) is 0 Å². The van der Waals surface area contributed by atoms with Crippen LogP contribution in [0, 0.1) is 11.8 Å². The fraction of sp³-hybridized carbons (Fsp3) is 0.500. The summed E-state index contributed by atoms with van der Waals surface area (Å²) >= 11 is 0. The predicted molar refractivity (Wildman–Crippen MR) is 87.4 cm³/mol. The Hall–Kier alpha value is -2.58. The van der Waals surface area contributed by atoms with Crippen LogP contribution in [-0.4, -0.2) is 40.9 Å². The molecule has 3 atom stereocenters. The number of hydrogen-bond acceptors (Lipinski definition) is 3. The lowest BCUT2D eigenvalue weighted by Gasteiger charge is -2.26. The molecule has 2 amide bonds. The summed E-state index contributed by atoms with van der Waals surface area (Å²) in [5.74, 6) is -3.15. The third kappa shape index (κ3) is 4.40. The Labute approximate surface area is 153 Å². The zero-order valence-corrected chi connectivity index (χ0v) is 14.3. The SMILES string of the molecule is O=C(O)C1CC1C(=O)NC(CN1CCCC1=O)c1cccc(C(F)(F)F)c1. The summed E-state index contributed by atoms with van der Waals surface area (Å²) in [6, 6.07) is 3.76. The standard InChI is InChI=1S/C18H19F3N2O4/c19-18(20,21)11-4-1-3-10(7-11)14(9-23-6-2-5-15(23)24)22-16(25)12-8-13(12)17(26)27/h1,3-4,7,12-14H,2,5-6,8-9H2,(H,22,25)(H,26,27). The molecule has 3 unspecified atom stereocenters. The minimum absolute atomic E-state index is 0.0519. The lowest BCUT2D eigenvalue weighted by molar-refractivity contribution is -0.140. The van der Waals surface area contributed by atoms with Crippen molar-refractivity contribution in [3.63, 3.8) is 0 Å². The summed E-state index contributed by atoms with van der Waals surface area (Å²) in [5, 5.41) is 11.6. The molecule has 6 nitrogen and oxygen atoms in total. The van der Waals surface area contributed by atoms with Gasteiger partial charge in [-0.3, -0.25) is 14.4 Å². The molecule has 0 spiro atoms. The van der Waals surface area contributed by atoms with E-state index in [4.69, 9.17) is 5.11 Å². The van der Waals surface area contributed by atoms with Crippen LogP contribution < -0.4 is 5.32 Å². The fourth-order valence-electron chi connectivity index (χ4n) is 3.32. The molecule has 2 aliphatic rings. The van der Waals surface area contributed by atoms with Crippen LogP contribution in [0.3, 0.4) is 0 Å². The van der Waals surface area contributed by atoms with E-state index >= 15 is 0 Å². The topological polar surface area (TPSA) is 86.7 Å². The maximum atomic E-state index is 13.0. The molecule has 1 aromatic carbocycles. The van der Waals surface area contributed by atoms with Crippen molar-refractivity contribution in [2.24, 2.45) is 11.8 Å². The molecule has 1 aromatic rings. The molecule has 146 valence electrons. The number of nitrogens with one attached hydrogen (secondary N) is 1. The first-order valence-electron chi connectivity index (χ1n) is 8.65. The highest BCUT2D eigenvalue weighted by Crippen LogP contribution is 2.39. The second-order valence-corrected chi connectivity index (χ2v) is 6.91. The normalized spacial score (nSPS) is 23.2. The Morgan fingerprint density at radius 2 is 2.04 bits per heavy atom. The minimum Gasteiger partial charge on any atom is -0.481 e. The van der Waals surface area contributed by atoms with Crippen molar-refractivity contribution in [1.82, 2.24) is 10.2 Å². The van der Waals surface area contributed by atoms with Crippen molar-refractivity contribution in [3.05, 3.63) is 35.4 Å². The number of carboxylic acid groups (broad SMARTS) is 1. The number of amides is 2. The molecule has 0 radical (unpaired) electrons. The Balaban J connectivity index is 1.80. The van der Waals surface area contributed by atoms with E-state index in [1.807, 2.05) is 0 Å². The van der Waals surface area contributed by atoms with Crippen LogP contribution in [0.5, 0.6) is 0 Å². The molecule has 0 bridgehead atoms. The number of carbonyl (C=O) groups excluding carboxylic acids is 2. The van der Waals surface area contributed by atoms with Gasteiger partial charge in [0.05, 0.1) is 23.4 Å². The van der Waals surface area contributed by atoms with E-state index in [1.165, 1.54) is 17.0 Å². The van der Waals surface area contributed by atoms with Gasteiger partial charge in [-0.1, -0.05) is 12.1 Å². The van der Waals surface area contributed by atoms with Crippen molar-refractivity contribution in [1.29, 1.82) is 0 Å². The molecule has 2 N–H and O–H groups in total. The summed E-state index contributed by atoms with van der Waals surface area (Å²) in [7, 11) is 0. The van der Waals surface area contributed by atoms with E-state index in [-0.39, 0.29) is 24.4 Å². The van der Waals surface area contributed by atoms with E-state index < -0.39 is 41.5 Å². The highest BCUT2D eigenvalue weighted by Gasteiger charge is 2.48. The number of carbonyl (C=O) groups is 3. The summed E-state index contributed by atoms with van der Waals surface area (Å²) in [6.45, 7) is 0.529. The van der Waals surface area contributed by atoms with Gasteiger partial charge in [0.2, 0.25) is 11.8 Å². The van der Waals surface area contributed by atoms with Crippen molar-refractivity contribution >= 4 is 17.8 Å². The molecule has 1 saturated heterocycles. The molecule has 27 heavy (non-hydrogen) atoms. The van der Waals surface area contributed by atoms with Crippen molar-refractivity contribution in [2.45, 2.75) is 31.5 Å². The lowest BCUT2D eigenvalue weighted by atomic mass is 10.0. The van der Waals surface area contributed by atoms with Crippen LogP contribution in [0.4, 0.5) is 13.2 Å². The van der Waals surface area contributed by atoms with E-state index in [0.29, 0.717) is 19.4 Å². The minimum atomic E-state index is -4.53. The van der Waals surface area contributed by atoms with Gasteiger partial charge in [0, 0.05) is 19.5 Å². The Bertz CT molecular complexity index is 765. The van der Waals surface area contributed by atoms with Gasteiger partial charge in [0.15, 0.2) is 0 Å². The average Bonchev–Trinajstić information content (AvgIpc) is 3.32. The van der Waals surface area contributed by atoms with Gasteiger partial charge in [-0.05, 0) is 30.5 Å². The zero-order chi connectivity index (χ0) is 19.8. The first-order chi connectivity index (χ1) is 12.7. The van der Waals surface area contributed by atoms with Crippen molar-refractivity contribution in [3.8, 4) is 0 Å². The third-order valence-corrected chi connectivity index (χ3v) is 4.95. The van der Waals surface area contributed by atoms with Gasteiger partial charge in [-0.25, -0.2) is 0 Å². The van der Waals surface area contributed by atoms with Gasteiger partial charge in [-0.2, -0.15) is 13.2 Å². The molecule has 1 aliphatic carbocycles. The molecule has 1 aliphatic heterocycles. The molecule has 1 heterocycles. The molecular weight excluding hydrogens is 365 g/mol. The van der Waals surface area contributed by atoms with E-state index in [9.17, 15) is 27.6 Å². The summed E-state index contributed by atoms with van der Waals surface area (Å²) in [6.07, 6.45) is -3.29. The molecule has 3 rings (SSSR count).